The maximum atomic E-state index is 13.1. The number of aliphatic carboxylic acids is 1. The van der Waals surface area contributed by atoms with E-state index in [-0.39, 0.29) is 28.7 Å². The minimum absolute atomic E-state index is 0.0444. The van der Waals surface area contributed by atoms with Gasteiger partial charge in [0.2, 0.25) is 40.1 Å². The van der Waals surface area contributed by atoms with Gasteiger partial charge in [0.1, 0.15) is 12.3 Å². The topological polar surface area (TPSA) is 268 Å². The second-order valence-electron chi connectivity index (χ2n) is 24.5. The zero-order valence-electron chi connectivity index (χ0n) is 54.8. The highest BCUT2D eigenvalue weighted by Gasteiger charge is 2.34. The van der Waals surface area contributed by atoms with E-state index in [1.54, 1.807) is 107 Å². The maximum absolute atomic E-state index is 13.1. The molecule has 4 aliphatic rings. The lowest BCUT2D eigenvalue weighted by Gasteiger charge is -2.18. The van der Waals surface area contributed by atoms with Gasteiger partial charge >= 0.3 is 5.97 Å². The van der Waals surface area contributed by atoms with Gasteiger partial charge in [-0.25, -0.2) is 33.7 Å². The number of sulfonamides is 4. The van der Waals surface area contributed by atoms with E-state index in [4.69, 9.17) is 4.18 Å². The van der Waals surface area contributed by atoms with Crippen LogP contribution in [0, 0.1) is 20.8 Å². The molecule has 0 atom stereocenters. The smallest absolute Gasteiger partial charge is 0.323 e. The van der Waals surface area contributed by atoms with E-state index >= 15 is 0 Å². The number of H-pyrrole nitrogens is 1. The molecule has 0 amide bonds. The number of carbonyl (C=O) groups excluding carboxylic acids is 1. The van der Waals surface area contributed by atoms with Gasteiger partial charge < -0.3 is 19.5 Å². The molecule has 4 aliphatic heterocycles. The number of aromatic nitrogens is 2. The van der Waals surface area contributed by atoms with Crippen molar-refractivity contribution in [1.82, 2.24) is 26.8 Å². The summed E-state index contributed by atoms with van der Waals surface area (Å²) in [5, 5.41) is 13.3. The fourth-order valence-corrected chi connectivity index (χ4v) is 22.4. The van der Waals surface area contributed by atoms with Gasteiger partial charge in [-0.3, -0.25) is 8.98 Å². The van der Waals surface area contributed by atoms with E-state index in [0.717, 1.165) is 106 Å². The number of carboxylic acids is 1. The number of Topliss-reactive ketones (excluding diaryl/α,β-unsaturated/α-hetero) is 1. The molecule has 0 bridgehead atoms. The number of nitrogens with one attached hydrogen (secondary N) is 1. The van der Waals surface area contributed by atoms with Crippen molar-refractivity contribution in [3.63, 3.8) is 0 Å². The maximum Gasteiger partial charge on any atom is 0.323 e. The summed E-state index contributed by atoms with van der Waals surface area (Å²) in [6, 6.07) is 38.2. The molecule has 0 aliphatic carbocycles. The first-order valence-corrected chi connectivity index (χ1v) is 41.3. The predicted molar refractivity (Wildman–Crippen MR) is 379 cm³/mol. The summed E-state index contributed by atoms with van der Waals surface area (Å²) in [5.41, 5.74) is 9.84. The number of hydrogen-bond donors (Lipinski definition) is 2. The predicted octanol–water partition coefficient (Wildman–Crippen LogP) is 12.1. The van der Waals surface area contributed by atoms with Crippen LogP contribution in [0.2, 0.25) is 0 Å². The van der Waals surface area contributed by atoms with Crippen molar-refractivity contribution in [3.8, 4) is 0 Å². The van der Waals surface area contributed by atoms with E-state index in [9.17, 15) is 56.8 Å². The Labute approximate surface area is 577 Å². The Morgan fingerprint density at radius 2 is 0.876 bits per heavy atom. The van der Waals surface area contributed by atoms with Crippen LogP contribution in [0.4, 0.5) is 0 Å². The Balaban J connectivity index is 0.000000142. The first-order chi connectivity index (χ1) is 46.3. The van der Waals surface area contributed by atoms with Gasteiger partial charge in [0, 0.05) is 83.0 Å². The number of nitrogens with zero attached hydrogens (tertiary/aromatic N) is 5. The highest BCUT2D eigenvalue weighted by atomic mass is 32.2. The van der Waals surface area contributed by atoms with Gasteiger partial charge in [-0.2, -0.15) is 25.6 Å². The normalized spacial score (nSPS) is 16.0. The minimum Gasteiger partial charge on any atom is -0.480 e. The van der Waals surface area contributed by atoms with E-state index in [2.05, 4.69) is 23.4 Å². The third-order valence-corrected chi connectivity index (χ3v) is 29.1. The van der Waals surface area contributed by atoms with Gasteiger partial charge in [0.05, 0.1) is 51.5 Å². The Morgan fingerprint density at radius 3 is 1.33 bits per heavy atom. The Kier molecular flexibility index (Phi) is 23.8. The van der Waals surface area contributed by atoms with Crippen LogP contribution in [0.25, 0.3) is 20.4 Å². The molecular weight excluding hydrogens is 1370 g/mol. The molecule has 518 valence electrons. The van der Waals surface area contributed by atoms with Crippen LogP contribution in [0.1, 0.15) is 115 Å². The van der Waals surface area contributed by atoms with Crippen molar-refractivity contribution >= 4 is 105 Å². The van der Waals surface area contributed by atoms with E-state index in [0.29, 0.717) is 98.3 Å². The number of carboxylic acid groups (broad SMARTS) is 1. The summed E-state index contributed by atoms with van der Waals surface area (Å²) in [6.07, 6.45) is 9.17. The number of rotatable bonds is 21. The minimum atomic E-state index is -3.96. The third-order valence-electron chi connectivity index (χ3n) is 17.8. The average molecular weight is 1460 g/mol. The molecular formula is C70H82N6O14S7. The SMILES string of the molecule is CC(=O)CCc1ccccc1S(=O)(=O)N1CCCC1.Cc1[nH]c2ccsc2c1Cc1ccccc1S(=O)(=O)N1CCCC1.Cc1c(Cc2ccccc2S(=O)(=O)N2CCCC2)c2sccc2n1CC(=O)O.Cc1ccc(S(=O)(=O)OCc2ccccc2S(=O)(=O)N2CCCC2)cc1. The molecule has 4 saturated heterocycles. The van der Waals surface area contributed by atoms with Crippen molar-refractivity contribution in [1.29, 1.82) is 0 Å². The van der Waals surface area contributed by atoms with Gasteiger partial charge in [0.15, 0.2) is 0 Å². The van der Waals surface area contributed by atoms with Gasteiger partial charge in [-0.05, 0) is 178 Å². The molecule has 97 heavy (non-hydrogen) atoms. The van der Waals surface area contributed by atoms with Crippen molar-refractivity contribution < 1.29 is 61.0 Å². The second-order valence-corrected chi connectivity index (χ2v) is 35.6. The number of thiophene rings is 2. The standard InChI is InChI=1S/C20H22N2O4S2.C18H20N2O2S2.C18H21NO5S2.C14H19NO3S/c1-14-16(20-17(8-11-27-20)22(14)13-19(23)24)12-15-6-2-3-7-18(15)28(25,26)21-9-4-5-10-21;1-13-15(18-16(19-13)8-11-23-18)12-14-6-2-3-7-17(14)24(21,22)20-9-4-5-10-20;1-15-8-10-17(11-9-15)26(22,23)24-14-16-6-2-3-7-18(16)25(20,21)19-12-4-5-13-19;1-12(16)8-9-13-6-2-3-7-14(13)19(17,18)15-10-4-5-11-15/h2-3,6-8,11H,4-5,9-10,12-13H2,1H3,(H,23,24);2-3,6-8,11,19H,4-5,9-10,12H2,1H3;2-3,6-11H,4-5,12-14H2,1H3;2-3,6-7H,4-5,8-11H2,1H3. The Morgan fingerprint density at radius 1 is 0.485 bits per heavy atom. The molecule has 27 heteroatoms. The molecule has 5 aromatic carbocycles. The van der Waals surface area contributed by atoms with Gasteiger partial charge in [0.25, 0.3) is 10.1 Å². The molecule has 4 fully saturated rings. The van der Waals surface area contributed by atoms with Crippen LogP contribution in [-0.2, 0) is 96.4 Å². The summed E-state index contributed by atoms with van der Waals surface area (Å²) in [5.74, 6) is -0.817. The molecule has 0 radical (unpaired) electrons. The summed E-state index contributed by atoms with van der Waals surface area (Å²) in [4.78, 5) is 27.1. The Bertz CT molecular complexity index is 4860. The summed E-state index contributed by atoms with van der Waals surface area (Å²) >= 11 is 3.26. The summed E-state index contributed by atoms with van der Waals surface area (Å²) < 4.78 is 143. The van der Waals surface area contributed by atoms with Crippen LogP contribution < -0.4 is 0 Å². The number of aromatic amines is 1. The monoisotopic (exact) mass is 1450 g/mol. The lowest BCUT2D eigenvalue weighted by Crippen LogP contribution is -2.28. The first-order valence-electron chi connectivity index (χ1n) is 32.4. The fraction of sp³-hybridized carbons (Fsp3) is 0.371. The number of ketones is 1. The molecule has 4 aromatic heterocycles. The highest BCUT2D eigenvalue weighted by molar-refractivity contribution is 7.90. The second kappa shape index (κ2) is 31.6. The zero-order valence-corrected chi connectivity index (χ0v) is 60.5. The number of benzene rings is 5. The van der Waals surface area contributed by atoms with Gasteiger partial charge in [-0.1, -0.05) is 90.5 Å². The van der Waals surface area contributed by atoms with Crippen LogP contribution >= 0.6 is 22.7 Å². The van der Waals surface area contributed by atoms with E-state index < -0.39 is 56.2 Å². The third kappa shape index (κ3) is 17.0. The van der Waals surface area contributed by atoms with Crippen LogP contribution in [0.15, 0.2) is 169 Å². The molecule has 20 nitrogen and oxygen atoms in total. The number of carbonyl (C=O) groups is 2. The van der Waals surface area contributed by atoms with Crippen LogP contribution in [0.3, 0.4) is 0 Å². The average Bonchev–Trinajstić information content (AvgIpc) is 1.73. The van der Waals surface area contributed by atoms with E-state index in [1.165, 1.54) is 39.7 Å². The first kappa shape index (κ1) is 73.0. The molecule has 8 heterocycles. The zero-order chi connectivity index (χ0) is 69.3. The quantitative estimate of drug-likeness (QED) is 0.0634. The lowest BCUT2D eigenvalue weighted by atomic mass is 10.1. The molecule has 0 saturated carbocycles. The summed E-state index contributed by atoms with van der Waals surface area (Å²) in [6.45, 7) is 11.5. The van der Waals surface area contributed by atoms with Crippen molar-refractivity contribution in [2.45, 2.75) is 142 Å². The van der Waals surface area contributed by atoms with Crippen molar-refractivity contribution in [2.24, 2.45) is 0 Å². The molecule has 13 rings (SSSR count). The molecule has 2 N–H and O–H groups in total. The highest BCUT2D eigenvalue weighted by Crippen LogP contribution is 2.36. The fourth-order valence-electron chi connectivity index (χ4n) is 12.6. The van der Waals surface area contributed by atoms with Crippen LogP contribution in [-0.4, -0.2) is 138 Å². The van der Waals surface area contributed by atoms with E-state index in [1.807, 2.05) is 61.7 Å². The number of hydrogen-bond acceptors (Lipinski definition) is 15. The largest absolute Gasteiger partial charge is 0.480 e. The number of aryl methyl sites for hydroxylation is 3. The number of fused-ring (bicyclic) bond motifs is 2. The summed E-state index contributed by atoms with van der Waals surface area (Å²) in [7, 11) is -17.9. The van der Waals surface area contributed by atoms with Gasteiger partial charge in [-0.15, -0.1) is 22.7 Å². The molecule has 9 aromatic rings. The van der Waals surface area contributed by atoms with Crippen LogP contribution in [0.5, 0.6) is 0 Å². The molecule has 0 spiro atoms. The Hall–Kier alpha value is -6.73. The lowest BCUT2D eigenvalue weighted by molar-refractivity contribution is -0.137. The molecule has 0 unspecified atom stereocenters. The van der Waals surface area contributed by atoms with Crippen molar-refractivity contribution in [2.75, 3.05) is 52.4 Å². The van der Waals surface area contributed by atoms with Crippen molar-refractivity contribution in [3.05, 3.63) is 195 Å².